The van der Waals surface area contributed by atoms with Crippen molar-refractivity contribution >= 4 is 0 Å². The van der Waals surface area contributed by atoms with Crippen molar-refractivity contribution < 1.29 is 19.3 Å². The lowest BCUT2D eigenvalue weighted by atomic mass is 10.1. The zero-order valence-electron chi connectivity index (χ0n) is 8.82. The van der Waals surface area contributed by atoms with Crippen LogP contribution < -0.4 is 4.74 Å². The quantitative estimate of drug-likeness (QED) is 0.805. The average Bonchev–Trinajstić information content (AvgIpc) is 2.67. The Morgan fingerprint density at radius 3 is 2.60 bits per heavy atom. The molecule has 4 heteroatoms. The van der Waals surface area contributed by atoms with E-state index in [1.807, 2.05) is 6.92 Å². The Bertz CT molecular complexity index is 356. The van der Waals surface area contributed by atoms with E-state index < -0.39 is 5.79 Å². The summed E-state index contributed by atoms with van der Waals surface area (Å²) >= 11 is 0. The fourth-order valence-electron chi connectivity index (χ4n) is 1.64. The van der Waals surface area contributed by atoms with Crippen molar-refractivity contribution in [3.05, 3.63) is 23.8 Å². The molecule has 0 bridgehead atoms. The molecule has 4 nitrogen and oxygen atoms in total. The topological polar surface area (TPSA) is 47.9 Å². The van der Waals surface area contributed by atoms with E-state index in [-0.39, 0.29) is 5.75 Å². The fraction of sp³-hybridized carbons (Fsp3) is 0.455. The van der Waals surface area contributed by atoms with Crippen LogP contribution in [0.25, 0.3) is 0 Å². The van der Waals surface area contributed by atoms with Crippen LogP contribution in [0.1, 0.15) is 12.5 Å². The summed E-state index contributed by atoms with van der Waals surface area (Å²) in [5.74, 6) is -0.184. The Kier molecular flexibility index (Phi) is 2.54. The average molecular weight is 210 g/mol. The lowest BCUT2D eigenvalue weighted by Crippen LogP contribution is -2.22. The Hall–Kier alpha value is -1.26. The molecule has 0 amide bonds. The lowest BCUT2D eigenvalue weighted by molar-refractivity contribution is -0.149. The summed E-state index contributed by atoms with van der Waals surface area (Å²) in [4.78, 5) is 0. The van der Waals surface area contributed by atoms with Crippen LogP contribution in [-0.4, -0.2) is 25.4 Å². The molecule has 15 heavy (non-hydrogen) atoms. The summed E-state index contributed by atoms with van der Waals surface area (Å²) < 4.78 is 16.0. The SMILES string of the molecule is COc1cc(C2(C)OCCO2)ccc1O. The van der Waals surface area contributed by atoms with Crippen molar-refractivity contribution in [3.8, 4) is 11.5 Å². The third kappa shape index (κ3) is 1.78. The van der Waals surface area contributed by atoms with Gasteiger partial charge < -0.3 is 19.3 Å². The second-order valence-corrected chi connectivity index (χ2v) is 3.53. The number of phenols is 1. The molecule has 82 valence electrons. The minimum absolute atomic E-state index is 0.114. The Morgan fingerprint density at radius 2 is 2.00 bits per heavy atom. The van der Waals surface area contributed by atoms with Gasteiger partial charge in [0.05, 0.1) is 20.3 Å². The summed E-state index contributed by atoms with van der Waals surface area (Å²) in [5, 5.41) is 9.46. The molecule has 0 radical (unpaired) electrons. The highest BCUT2D eigenvalue weighted by Gasteiger charge is 2.33. The van der Waals surface area contributed by atoms with Crippen LogP contribution >= 0.6 is 0 Å². The Balaban J connectivity index is 2.36. The first kappa shape index (κ1) is 10.3. The van der Waals surface area contributed by atoms with Gasteiger partial charge in [0.1, 0.15) is 0 Å². The van der Waals surface area contributed by atoms with Gasteiger partial charge in [-0.3, -0.25) is 0 Å². The molecule has 1 aromatic rings. The van der Waals surface area contributed by atoms with E-state index in [2.05, 4.69) is 0 Å². The fourth-order valence-corrected chi connectivity index (χ4v) is 1.64. The van der Waals surface area contributed by atoms with Crippen LogP contribution in [-0.2, 0) is 15.3 Å². The molecule has 1 aliphatic heterocycles. The summed E-state index contributed by atoms with van der Waals surface area (Å²) in [7, 11) is 1.51. The van der Waals surface area contributed by atoms with Crippen molar-refractivity contribution in [2.75, 3.05) is 20.3 Å². The van der Waals surface area contributed by atoms with E-state index in [9.17, 15) is 5.11 Å². The van der Waals surface area contributed by atoms with Gasteiger partial charge in [-0.1, -0.05) is 0 Å². The standard InChI is InChI=1S/C11H14O4/c1-11(14-5-6-15-11)8-3-4-9(12)10(7-8)13-2/h3-4,7,12H,5-6H2,1-2H3. The maximum Gasteiger partial charge on any atom is 0.192 e. The van der Waals surface area contributed by atoms with Gasteiger partial charge in [0, 0.05) is 5.56 Å². The van der Waals surface area contributed by atoms with E-state index in [0.717, 1.165) is 5.56 Å². The summed E-state index contributed by atoms with van der Waals surface area (Å²) in [5.41, 5.74) is 0.842. The van der Waals surface area contributed by atoms with E-state index in [1.54, 1.807) is 18.2 Å². The number of hydrogen-bond acceptors (Lipinski definition) is 4. The number of ether oxygens (including phenoxy) is 3. The molecule has 0 aromatic heterocycles. The van der Waals surface area contributed by atoms with Crippen LogP contribution in [0, 0.1) is 0 Å². The second kappa shape index (κ2) is 3.72. The molecule has 1 aromatic carbocycles. The number of benzene rings is 1. The van der Waals surface area contributed by atoms with Crippen LogP contribution in [0.15, 0.2) is 18.2 Å². The minimum atomic E-state index is -0.721. The maximum absolute atomic E-state index is 9.46. The van der Waals surface area contributed by atoms with Crippen LogP contribution in [0.4, 0.5) is 0 Å². The molecule has 2 rings (SSSR count). The van der Waals surface area contributed by atoms with Crippen LogP contribution in [0.5, 0.6) is 11.5 Å². The van der Waals surface area contributed by atoms with Gasteiger partial charge in [0.25, 0.3) is 0 Å². The maximum atomic E-state index is 9.46. The molecular weight excluding hydrogens is 196 g/mol. The Morgan fingerprint density at radius 1 is 1.33 bits per heavy atom. The third-order valence-electron chi connectivity index (χ3n) is 2.54. The third-order valence-corrected chi connectivity index (χ3v) is 2.54. The summed E-state index contributed by atoms with van der Waals surface area (Å²) in [6.45, 7) is 3.02. The van der Waals surface area contributed by atoms with E-state index in [4.69, 9.17) is 14.2 Å². The summed E-state index contributed by atoms with van der Waals surface area (Å²) in [6.07, 6.45) is 0. The molecular formula is C11H14O4. The lowest BCUT2D eigenvalue weighted by Gasteiger charge is -2.23. The monoisotopic (exact) mass is 210 g/mol. The molecule has 1 heterocycles. The van der Waals surface area contributed by atoms with Gasteiger partial charge in [-0.05, 0) is 25.1 Å². The predicted molar refractivity (Wildman–Crippen MR) is 53.9 cm³/mol. The van der Waals surface area contributed by atoms with E-state index >= 15 is 0 Å². The molecule has 0 saturated carbocycles. The highest BCUT2D eigenvalue weighted by molar-refractivity contribution is 5.43. The first-order valence-electron chi connectivity index (χ1n) is 4.81. The number of aromatic hydroxyl groups is 1. The largest absolute Gasteiger partial charge is 0.504 e. The van der Waals surface area contributed by atoms with Gasteiger partial charge in [-0.25, -0.2) is 0 Å². The number of rotatable bonds is 2. The Labute approximate surface area is 88.4 Å². The highest BCUT2D eigenvalue weighted by atomic mass is 16.7. The van der Waals surface area contributed by atoms with E-state index in [1.165, 1.54) is 7.11 Å². The van der Waals surface area contributed by atoms with Gasteiger partial charge in [0.2, 0.25) is 0 Å². The molecule has 1 aliphatic rings. The van der Waals surface area contributed by atoms with Crippen molar-refractivity contribution in [1.29, 1.82) is 0 Å². The second-order valence-electron chi connectivity index (χ2n) is 3.53. The van der Waals surface area contributed by atoms with Crippen molar-refractivity contribution in [1.82, 2.24) is 0 Å². The van der Waals surface area contributed by atoms with Gasteiger partial charge >= 0.3 is 0 Å². The predicted octanol–water partition coefficient (Wildman–Crippen LogP) is 1.62. The summed E-state index contributed by atoms with van der Waals surface area (Å²) in [6, 6.07) is 5.06. The van der Waals surface area contributed by atoms with Crippen molar-refractivity contribution in [2.24, 2.45) is 0 Å². The molecule has 0 spiro atoms. The van der Waals surface area contributed by atoms with E-state index in [0.29, 0.717) is 19.0 Å². The number of hydrogen-bond donors (Lipinski definition) is 1. The molecule has 0 atom stereocenters. The number of methoxy groups -OCH3 is 1. The van der Waals surface area contributed by atoms with Gasteiger partial charge in [-0.15, -0.1) is 0 Å². The normalized spacial score (nSPS) is 19.1. The molecule has 0 unspecified atom stereocenters. The molecule has 1 fully saturated rings. The van der Waals surface area contributed by atoms with Crippen LogP contribution in [0.3, 0.4) is 0 Å². The van der Waals surface area contributed by atoms with Crippen LogP contribution in [0.2, 0.25) is 0 Å². The zero-order valence-corrected chi connectivity index (χ0v) is 8.82. The zero-order chi connectivity index (χ0) is 10.9. The first-order chi connectivity index (χ1) is 7.15. The smallest absolute Gasteiger partial charge is 0.192 e. The van der Waals surface area contributed by atoms with Crippen molar-refractivity contribution in [2.45, 2.75) is 12.7 Å². The first-order valence-corrected chi connectivity index (χ1v) is 4.81. The van der Waals surface area contributed by atoms with Gasteiger partial charge in [0.15, 0.2) is 17.3 Å². The van der Waals surface area contributed by atoms with Gasteiger partial charge in [-0.2, -0.15) is 0 Å². The van der Waals surface area contributed by atoms with Crippen molar-refractivity contribution in [3.63, 3.8) is 0 Å². The minimum Gasteiger partial charge on any atom is -0.504 e. The number of phenolic OH excluding ortho intramolecular Hbond substituents is 1. The molecule has 0 aliphatic carbocycles. The molecule has 1 N–H and O–H groups in total. The highest BCUT2D eigenvalue weighted by Crippen LogP contribution is 2.35. The molecule has 1 saturated heterocycles.